The SMILES string of the molecule is O=C1N2[C@H]3[C@@H]4C[C@H]([C@H]3COC2(c2ccc(Cl)cc2)C1(Cl)Cl)[C@@H](c1ccccc1)C4. The molecule has 3 nitrogen and oxygen atoms in total. The molecule has 1 unspecified atom stereocenters. The smallest absolute Gasteiger partial charge is 0.267 e. The van der Waals surface area contributed by atoms with Gasteiger partial charge in [0.1, 0.15) is 0 Å². The van der Waals surface area contributed by atoms with Crippen LogP contribution in [0.3, 0.4) is 0 Å². The fraction of sp³-hybridized carbons (Fsp3) is 0.435. The maximum atomic E-state index is 13.1. The van der Waals surface area contributed by atoms with Crippen molar-refractivity contribution in [2.45, 2.75) is 34.9 Å². The number of nitrogens with zero attached hydrogens (tertiary/aromatic N) is 1. The highest BCUT2D eigenvalue weighted by molar-refractivity contribution is 6.61. The van der Waals surface area contributed by atoms with Crippen molar-refractivity contribution >= 4 is 40.7 Å². The Morgan fingerprint density at radius 1 is 0.966 bits per heavy atom. The highest BCUT2D eigenvalue weighted by Gasteiger charge is 2.78. The number of halogens is 3. The summed E-state index contributed by atoms with van der Waals surface area (Å²) in [6, 6.07) is 18.1. The van der Waals surface area contributed by atoms with Gasteiger partial charge in [0.2, 0.25) is 10.1 Å². The average molecular weight is 449 g/mol. The van der Waals surface area contributed by atoms with E-state index in [2.05, 4.69) is 30.3 Å². The van der Waals surface area contributed by atoms with E-state index in [1.165, 1.54) is 5.56 Å². The summed E-state index contributed by atoms with van der Waals surface area (Å²) in [5.74, 6) is 1.56. The number of alkyl halides is 2. The van der Waals surface area contributed by atoms with Crippen molar-refractivity contribution in [3.05, 3.63) is 70.7 Å². The van der Waals surface area contributed by atoms with E-state index in [9.17, 15) is 4.79 Å². The molecule has 2 saturated carbocycles. The highest BCUT2D eigenvalue weighted by Crippen LogP contribution is 2.67. The predicted octanol–water partition coefficient (Wildman–Crippen LogP) is 5.35. The molecule has 4 aliphatic rings. The van der Waals surface area contributed by atoms with Crippen LogP contribution < -0.4 is 0 Å². The quantitative estimate of drug-likeness (QED) is 0.458. The number of ether oxygens (including phenoxy) is 1. The Morgan fingerprint density at radius 2 is 1.69 bits per heavy atom. The number of benzene rings is 2. The first kappa shape index (κ1) is 18.5. The second-order valence-electron chi connectivity index (χ2n) is 8.78. The van der Waals surface area contributed by atoms with E-state index in [0.29, 0.717) is 35.3 Å². The number of fused-ring (bicyclic) bond motifs is 7. The molecule has 2 aliphatic carbocycles. The zero-order valence-corrected chi connectivity index (χ0v) is 17.9. The number of β-lactam (4-membered cyclic amide) rings is 1. The van der Waals surface area contributed by atoms with Gasteiger partial charge in [0.25, 0.3) is 5.91 Å². The summed E-state index contributed by atoms with van der Waals surface area (Å²) in [7, 11) is 0. The van der Waals surface area contributed by atoms with Crippen molar-refractivity contribution in [3.8, 4) is 0 Å². The zero-order valence-electron chi connectivity index (χ0n) is 15.6. The van der Waals surface area contributed by atoms with Crippen LogP contribution in [0.15, 0.2) is 54.6 Å². The molecule has 0 N–H and O–H groups in total. The van der Waals surface area contributed by atoms with E-state index in [1.807, 2.05) is 17.0 Å². The molecule has 1 amide bonds. The van der Waals surface area contributed by atoms with Crippen LogP contribution in [-0.4, -0.2) is 27.8 Å². The van der Waals surface area contributed by atoms with Crippen LogP contribution in [0.1, 0.15) is 29.9 Å². The van der Waals surface area contributed by atoms with Crippen molar-refractivity contribution < 1.29 is 9.53 Å². The van der Waals surface area contributed by atoms with Gasteiger partial charge < -0.3 is 9.64 Å². The molecule has 2 aromatic carbocycles. The minimum atomic E-state index is -1.62. The van der Waals surface area contributed by atoms with Crippen LogP contribution in [0.25, 0.3) is 0 Å². The molecule has 2 aliphatic heterocycles. The number of carbonyl (C=O) groups is 1. The van der Waals surface area contributed by atoms with Crippen LogP contribution in [-0.2, 0) is 15.3 Å². The molecule has 29 heavy (non-hydrogen) atoms. The number of carbonyl (C=O) groups excluding carboxylic acids is 1. The largest absolute Gasteiger partial charge is 0.348 e. The van der Waals surface area contributed by atoms with Crippen molar-refractivity contribution in [2.24, 2.45) is 17.8 Å². The molecule has 6 rings (SSSR count). The summed E-state index contributed by atoms with van der Waals surface area (Å²) in [6.07, 6.45) is 2.21. The van der Waals surface area contributed by atoms with E-state index in [1.54, 1.807) is 12.1 Å². The van der Waals surface area contributed by atoms with E-state index >= 15 is 0 Å². The summed E-state index contributed by atoms with van der Waals surface area (Å²) in [6.45, 7) is 0.558. The lowest BCUT2D eigenvalue weighted by atomic mass is 9.70. The third-order valence-corrected chi connectivity index (χ3v) is 8.71. The molecule has 2 aromatic rings. The Morgan fingerprint density at radius 3 is 2.41 bits per heavy atom. The van der Waals surface area contributed by atoms with Gasteiger partial charge in [0, 0.05) is 22.5 Å². The van der Waals surface area contributed by atoms with Gasteiger partial charge in [-0.1, -0.05) is 77.3 Å². The summed E-state index contributed by atoms with van der Waals surface area (Å²) in [5.41, 5.74) is 1.05. The van der Waals surface area contributed by atoms with Crippen molar-refractivity contribution in [1.29, 1.82) is 0 Å². The lowest BCUT2D eigenvalue weighted by molar-refractivity contribution is -0.282. The lowest BCUT2D eigenvalue weighted by Crippen LogP contribution is -2.82. The maximum absolute atomic E-state index is 13.1. The molecule has 0 radical (unpaired) electrons. The monoisotopic (exact) mass is 447 g/mol. The summed E-state index contributed by atoms with van der Waals surface area (Å²) < 4.78 is 4.81. The standard InChI is InChI=1S/C23H20Cl3NO2/c24-16-8-6-15(7-9-16)23-22(25,26)21(28)27(23)20-14-10-17(13-4-2-1-3-5-13)18(11-14)19(20)12-29-23/h1-9,14,17-20H,10-12H2/t14-,17+,18-,19+,20-,23?/m0/s1. The van der Waals surface area contributed by atoms with Gasteiger partial charge in [-0.15, -0.1) is 0 Å². The van der Waals surface area contributed by atoms with E-state index in [-0.39, 0.29) is 11.9 Å². The first-order chi connectivity index (χ1) is 13.9. The fourth-order valence-corrected chi connectivity index (χ4v) is 7.33. The molecule has 4 fully saturated rings. The summed E-state index contributed by atoms with van der Waals surface area (Å²) in [5, 5.41) is 0.622. The molecule has 6 atom stereocenters. The van der Waals surface area contributed by atoms with Crippen molar-refractivity contribution in [3.63, 3.8) is 0 Å². The highest BCUT2D eigenvalue weighted by atomic mass is 35.5. The zero-order chi connectivity index (χ0) is 20.0. The Kier molecular flexibility index (Phi) is 3.91. The van der Waals surface area contributed by atoms with Crippen molar-refractivity contribution in [2.75, 3.05) is 6.61 Å². The molecule has 2 heterocycles. The predicted molar refractivity (Wildman–Crippen MR) is 113 cm³/mol. The Labute approximate surface area is 184 Å². The van der Waals surface area contributed by atoms with E-state index < -0.39 is 10.1 Å². The minimum absolute atomic E-state index is 0.127. The fourth-order valence-electron chi connectivity index (χ4n) is 6.51. The molecule has 150 valence electrons. The molecular weight excluding hydrogens is 429 g/mol. The molecule has 0 aromatic heterocycles. The Hall–Kier alpha value is -1.26. The molecular formula is C23H20Cl3NO2. The third-order valence-electron chi connectivity index (χ3n) is 7.62. The topological polar surface area (TPSA) is 29.5 Å². The van der Waals surface area contributed by atoms with Crippen LogP contribution in [0.2, 0.25) is 5.02 Å². The molecule has 2 saturated heterocycles. The van der Waals surface area contributed by atoms with Gasteiger partial charge in [0.15, 0.2) is 0 Å². The van der Waals surface area contributed by atoms with Gasteiger partial charge >= 0.3 is 0 Å². The number of rotatable bonds is 2. The second kappa shape index (κ2) is 6.13. The van der Waals surface area contributed by atoms with Crippen molar-refractivity contribution in [1.82, 2.24) is 4.90 Å². The Balaban J connectivity index is 1.38. The average Bonchev–Trinajstić information content (AvgIpc) is 3.33. The molecule has 0 spiro atoms. The van der Waals surface area contributed by atoms with Gasteiger partial charge in [-0.25, -0.2) is 0 Å². The maximum Gasteiger partial charge on any atom is 0.267 e. The third kappa shape index (κ3) is 2.23. The number of hydrogen-bond acceptors (Lipinski definition) is 2. The Bertz CT molecular complexity index is 979. The lowest BCUT2D eigenvalue weighted by Gasteiger charge is -2.66. The number of hydrogen-bond donors (Lipinski definition) is 0. The summed E-state index contributed by atoms with van der Waals surface area (Å²) >= 11 is 19.3. The van der Waals surface area contributed by atoms with Crippen LogP contribution in [0.4, 0.5) is 0 Å². The van der Waals surface area contributed by atoms with Crippen LogP contribution in [0, 0.1) is 17.8 Å². The van der Waals surface area contributed by atoms with Gasteiger partial charge in [0.05, 0.1) is 6.61 Å². The van der Waals surface area contributed by atoms with Gasteiger partial charge in [-0.2, -0.15) is 0 Å². The first-order valence-electron chi connectivity index (χ1n) is 10.1. The second-order valence-corrected chi connectivity index (χ2v) is 10.5. The molecule has 2 bridgehead atoms. The van der Waals surface area contributed by atoms with Crippen LogP contribution in [0.5, 0.6) is 0 Å². The van der Waals surface area contributed by atoms with Gasteiger partial charge in [-0.05, 0) is 48.3 Å². The van der Waals surface area contributed by atoms with E-state index in [4.69, 9.17) is 39.5 Å². The molecule has 6 heteroatoms. The number of amides is 1. The van der Waals surface area contributed by atoms with E-state index in [0.717, 1.165) is 18.4 Å². The normalized spacial score (nSPS) is 39.1. The minimum Gasteiger partial charge on any atom is -0.348 e. The van der Waals surface area contributed by atoms with Crippen LogP contribution >= 0.6 is 34.8 Å². The first-order valence-corrected chi connectivity index (χ1v) is 11.2. The van der Waals surface area contributed by atoms with Gasteiger partial charge in [-0.3, -0.25) is 4.79 Å². The summed E-state index contributed by atoms with van der Waals surface area (Å²) in [4.78, 5) is 14.9.